The highest BCUT2D eigenvalue weighted by atomic mass is 16.1. The molecule has 0 aliphatic carbocycles. The number of nitrogens with zero attached hydrogens (tertiary/aromatic N) is 6. The van der Waals surface area contributed by atoms with E-state index < -0.39 is 5.91 Å². The molecular weight excluding hydrogens is 464 g/mol. The molecule has 0 fully saturated rings. The number of aromatic nitrogens is 6. The maximum Gasteiger partial charge on any atom is 0.274 e. The van der Waals surface area contributed by atoms with Gasteiger partial charge in [0, 0.05) is 36.1 Å². The topological polar surface area (TPSA) is 125 Å². The fourth-order valence-corrected chi connectivity index (χ4v) is 4.10. The number of carbonyl (C=O) groups is 1. The van der Waals surface area contributed by atoms with E-state index in [1.165, 1.54) is 0 Å². The number of amides is 1. The third-order valence-corrected chi connectivity index (χ3v) is 6.20. The number of pyridine rings is 2. The van der Waals surface area contributed by atoms with Gasteiger partial charge in [-0.05, 0) is 48.7 Å². The zero-order chi connectivity index (χ0) is 26.1. The summed E-state index contributed by atoms with van der Waals surface area (Å²) in [6, 6.07) is 15.5. The molecule has 0 unspecified atom stereocenters. The standard InChI is InChI=1S/C28H28N8O/c1-16(2)20-9-7-17(3)23(32-20)15-31-28(37)26-27(29)34-25(22-11-13-36(4)35-22)24(33-26)19-8-10-21-18(14-19)6-5-12-30-21/h5-14,16H,15H2,1-4H3,(H2,29,34)(H,31,37). The van der Waals surface area contributed by atoms with Crippen LogP contribution in [0.3, 0.4) is 0 Å². The van der Waals surface area contributed by atoms with Crippen LogP contribution in [0.1, 0.15) is 47.2 Å². The molecule has 0 bridgehead atoms. The normalized spacial score (nSPS) is 11.3. The van der Waals surface area contributed by atoms with E-state index in [1.807, 2.05) is 68.7 Å². The molecule has 0 aliphatic rings. The number of rotatable bonds is 6. The molecule has 0 saturated carbocycles. The maximum atomic E-state index is 13.3. The fraction of sp³-hybridized carbons (Fsp3) is 0.214. The molecule has 5 aromatic rings. The highest BCUT2D eigenvalue weighted by Crippen LogP contribution is 2.31. The van der Waals surface area contributed by atoms with Crippen molar-refractivity contribution in [1.29, 1.82) is 0 Å². The molecule has 9 heteroatoms. The molecule has 0 radical (unpaired) electrons. The average Bonchev–Trinajstić information content (AvgIpc) is 3.33. The number of nitrogens with one attached hydrogen (secondary N) is 1. The molecule has 0 spiro atoms. The molecule has 0 aliphatic heterocycles. The van der Waals surface area contributed by atoms with E-state index in [2.05, 4.69) is 34.2 Å². The van der Waals surface area contributed by atoms with Crippen molar-refractivity contribution in [3.63, 3.8) is 0 Å². The van der Waals surface area contributed by atoms with Gasteiger partial charge in [0.15, 0.2) is 11.5 Å². The van der Waals surface area contributed by atoms with Crippen LogP contribution in [0.5, 0.6) is 0 Å². The van der Waals surface area contributed by atoms with E-state index in [0.29, 0.717) is 17.1 Å². The van der Waals surface area contributed by atoms with Gasteiger partial charge in [-0.2, -0.15) is 5.10 Å². The monoisotopic (exact) mass is 492 g/mol. The minimum Gasteiger partial charge on any atom is -0.382 e. The summed E-state index contributed by atoms with van der Waals surface area (Å²) < 4.78 is 1.68. The predicted octanol–water partition coefficient (Wildman–Crippen LogP) is 4.43. The number of nitrogen functional groups attached to an aromatic ring is 1. The molecule has 4 aromatic heterocycles. The second-order valence-electron chi connectivity index (χ2n) is 9.28. The quantitative estimate of drug-likeness (QED) is 0.359. The maximum absolute atomic E-state index is 13.3. The Kier molecular flexibility index (Phi) is 6.35. The van der Waals surface area contributed by atoms with Crippen molar-refractivity contribution in [1.82, 2.24) is 35.0 Å². The first-order valence-corrected chi connectivity index (χ1v) is 12.1. The third kappa shape index (κ3) is 4.88. The molecule has 9 nitrogen and oxygen atoms in total. The summed E-state index contributed by atoms with van der Waals surface area (Å²) in [6.07, 6.45) is 3.57. The summed E-state index contributed by atoms with van der Waals surface area (Å²) in [5.74, 6) is -0.0992. The summed E-state index contributed by atoms with van der Waals surface area (Å²) in [4.78, 5) is 31.7. The van der Waals surface area contributed by atoms with E-state index in [-0.39, 0.29) is 24.0 Å². The van der Waals surface area contributed by atoms with Gasteiger partial charge in [-0.25, -0.2) is 9.97 Å². The van der Waals surface area contributed by atoms with E-state index in [4.69, 9.17) is 15.7 Å². The number of nitrogens with two attached hydrogens (primary N) is 1. The smallest absolute Gasteiger partial charge is 0.274 e. The first-order valence-electron chi connectivity index (χ1n) is 12.1. The van der Waals surface area contributed by atoms with Crippen LogP contribution in [0.25, 0.3) is 33.5 Å². The number of anilines is 1. The van der Waals surface area contributed by atoms with Crippen molar-refractivity contribution in [2.75, 3.05) is 5.73 Å². The Labute approximate surface area is 214 Å². The van der Waals surface area contributed by atoms with E-state index >= 15 is 0 Å². The minimum absolute atomic E-state index is 0.0324. The van der Waals surface area contributed by atoms with Crippen LogP contribution in [0.2, 0.25) is 0 Å². The van der Waals surface area contributed by atoms with Gasteiger partial charge in [-0.15, -0.1) is 0 Å². The molecule has 3 N–H and O–H groups in total. The van der Waals surface area contributed by atoms with Crippen LogP contribution in [-0.2, 0) is 13.6 Å². The molecule has 186 valence electrons. The van der Waals surface area contributed by atoms with Crippen molar-refractivity contribution in [2.45, 2.75) is 33.2 Å². The number of benzene rings is 1. The molecule has 0 atom stereocenters. The van der Waals surface area contributed by atoms with Crippen LogP contribution in [0, 0.1) is 6.92 Å². The third-order valence-electron chi connectivity index (χ3n) is 6.20. The molecule has 4 heterocycles. The Hall–Kier alpha value is -4.66. The summed E-state index contributed by atoms with van der Waals surface area (Å²) in [5.41, 5.74) is 12.4. The number of hydrogen-bond acceptors (Lipinski definition) is 7. The van der Waals surface area contributed by atoms with Gasteiger partial charge in [0.2, 0.25) is 0 Å². The summed E-state index contributed by atoms with van der Waals surface area (Å²) in [5, 5.41) is 8.36. The number of carbonyl (C=O) groups excluding carboxylic acids is 1. The van der Waals surface area contributed by atoms with Crippen LogP contribution < -0.4 is 11.1 Å². The molecular formula is C28H28N8O. The lowest BCUT2D eigenvalue weighted by atomic mass is 10.0. The van der Waals surface area contributed by atoms with Crippen LogP contribution in [-0.4, -0.2) is 35.6 Å². The van der Waals surface area contributed by atoms with Gasteiger partial charge in [0.25, 0.3) is 5.91 Å². The van der Waals surface area contributed by atoms with Crippen LogP contribution >= 0.6 is 0 Å². The molecule has 1 amide bonds. The van der Waals surface area contributed by atoms with Crippen molar-refractivity contribution >= 4 is 22.6 Å². The Balaban J connectivity index is 1.54. The first kappa shape index (κ1) is 24.1. The molecule has 1 aromatic carbocycles. The Morgan fingerprint density at radius 3 is 2.65 bits per heavy atom. The minimum atomic E-state index is -0.419. The zero-order valence-electron chi connectivity index (χ0n) is 21.2. The lowest BCUT2D eigenvalue weighted by molar-refractivity contribution is 0.0946. The Morgan fingerprint density at radius 2 is 1.89 bits per heavy atom. The SMILES string of the molecule is Cc1ccc(C(C)C)nc1CNC(=O)c1nc(-c2ccc3ncccc3c2)c(-c2ccn(C)n2)nc1N. The summed E-state index contributed by atoms with van der Waals surface area (Å²) >= 11 is 0. The van der Waals surface area contributed by atoms with E-state index in [0.717, 1.165) is 33.4 Å². The van der Waals surface area contributed by atoms with Gasteiger partial charge < -0.3 is 11.1 Å². The first-order chi connectivity index (χ1) is 17.8. The number of aryl methyl sites for hydroxylation is 2. The molecule has 0 saturated heterocycles. The highest BCUT2D eigenvalue weighted by Gasteiger charge is 2.21. The van der Waals surface area contributed by atoms with Crippen molar-refractivity contribution in [3.05, 3.63) is 83.6 Å². The summed E-state index contributed by atoms with van der Waals surface area (Å²) in [6.45, 7) is 6.40. The second-order valence-corrected chi connectivity index (χ2v) is 9.28. The largest absolute Gasteiger partial charge is 0.382 e. The lowest BCUT2D eigenvalue weighted by Gasteiger charge is -2.14. The second kappa shape index (κ2) is 9.77. The fourth-order valence-electron chi connectivity index (χ4n) is 4.10. The van der Waals surface area contributed by atoms with Crippen LogP contribution in [0.4, 0.5) is 5.82 Å². The predicted molar refractivity (Wildman–Crippen MR) is 144 cm³/mol. The van der Waals surface area contributed by atoms with Crippen molar-refractivity contribution in [3.8, 4) is 22.6 Å². The van der Waals surface area contributed by atoms with Gasteiger partial charge in [0.05, 0.1) is 23.4 Å². The van der Waals surface area contributed by atoms with Gasteiger partial charge in [-0.1, -0.05) is 32.0 Å². The zero-order valence-corrected chi connectivity index (χ0v) is 21.2. The Bertz CT molecular complexity index is 1620. The number of fused-ring (bicyclic) bond motifs is 1. The van der Waals surface area contributed by atoms with Crippen molar-refractivity contribution < 1.29 is 4.79 Å². The molecule has 37 heavy (non-hydrogen) atoms. The lowest BCUT2D eigenvalue weighted by Crippen LogP contribution is -2.27. The average molecular weight is 493 g/mol. The Morgan fingerprint density at radius 1 is 1.05 bits per heavy atom. The van der Waals surface area contributed by atoms with Crippen LogP contribution in [0.15, 0.2) is 60.9 Å². The highest BCUT2D eigenvalue weighted by molar-refractivity contribution is 5.98. The van der Waals surface area contributed by atoms with Gasteiger partial charge in [0.1, 0.15) is 11.4 Å². The van der Waals surface area contributed by atoms with E-state index in [9.17, 15) is 4.79 Å². The van der Waals surface area contributed by atoms with Gasteiger partial charge in [-0.3, -0.25) is 19.4 Å². The van der Waals surface area contributed by atoms with Gasteiger partial charge >= 0.3 is 0 Å². The number of hydrogen-bond donors (Lipinski definition) is 2. The summed E-state index contributed by atoms with van der Waals surface area (Å²) in [7, 11) is 1.83. The van der Waals surface area contributed by atoms with Crippen molar-refractivity contribution in [2.24, 2.45) is 7.05 Å². The van der Waals surface area contributed by atoms with E-state index in [1.54, 1.807) is 10.9 Å². The molecule has 5 rings (SSSR count).